The predicted molar refractivity (Wildman–Crippen MR) is 96.5 cm³/mol. The molecular formula is C21H18N2O2. The lowest BCUT2D eigenvalue weighted by atomic mass is 9.93. The number of pyridine rings is 1. The molecule has 2 aromatic carbocycles. The molecule has 1 aromatic heterocycles. The minimum Gasteiger partial charge on any atom is -0.487 e. The Labute approximate surface area is 146 Å². The summed E-state index contributed by atoms with van der Waals surface area (Å²) in [6.45, 7) is 0.443. The molecular weight excluding hydrogens is 312 g/mol. The van der Waals surface area contributed by atoms with Crippen molar-refractivity contribution in [1.29, 1.82) is 0 Å². The van der Waals surface area contributed by atoms with Gasteiger partial charge in [0.15, 0.2) is 0 Å². The quantitative estimate of drug-likeness (QED) is 0.771. The normalized spacial score (nSPS) is 15.5. The van der Waals surface area contributed by atoms with E-state index in [1.54, 1.807) is 6.20 Å². The van der Waals surface area contributed by atoms with Crippen LogP contribution in [0.3, 0.4) is 0 Å². The second-order valence-electron chi connectivity index (χ2n) is 6.09. The van der Waals surface area contributed by atoms with Crippen molar-refractivity contribution in [2.75, 3.05) is 5.32 Å². The molecule has 25 heavy (non-hydrogen) atoms. The van der Waals surface area contributed by atoms with E-state index in [4.69, 9.17) is 4.74 Å². The summed E-state index contributed by atoms with van der Waals surface area (Å²) in [7, 11) is 0. The number of rotatable bonds is 5. The van der Waals surface area contributed by atoms with Gasteiger partial charge in [-0.05, 0) is 47.9 Å². The molecule has 0 fully saturated rings. The van der Waals surface area contributed by atoms with E-state index in [2.05, 4.69) is 10.3 Å². The van der Waals surface area contributed by atoms with E-state index in [1.807, 2.05) is 66.7 Å². The maximum Gasteiger partial charge on any atom is 0.232 e. The standard InChI is InChI=1S/C21H18N2O2/c24-21-19(18-6-1-2-7-20(18)23-21)13-15-8-10-17(11-9-15)25-14-16-5-3-4-12-22-16/h1-12,19H,13-14H2,(H,23,24). The van der Waals surface area contributed by atoms with Crippen molar-refractivity contribution in [3.05, 3.63) is 89.7 Å². The summed E-state index contributed by atoms with van der Waals surface area (Å²) in [5.74, 6) is 0.735. The maximum atomic E-state index is 12.2. The van der Waals surface area contributed by atoms with Gasteiger partial charge in [-0.15, -0.1) is 0 Å². The number of ether oxygens (including phenoxy) is 1. The van der Waals surface area contributed by atoms with Crippen molar-refractivity contribution in [2.24, 2.45) is 0 Å². The lowest BCUT2D eigenvalue weighted by Crippen LogP contribution is -2.14. The first-order valence-electron chi connectivity index (χ1n) is 8.31. The van der Waals surface area contributed by atoms with Crippen LogP contribution >= 0.6 is 0 Å². The molecule has 1 aliphatic heterocycles. The first-order chi connectivity index (χ1) is 12.3. The number of fused-ring (bicyclic) bond motifs is 1. The van der Waals surface area contributed by atoms with E-state index in [9.17, 15) is 4.79 Å². The second kappa shape index (κ2) is 6.77. The molecule has 0 radical (unpaired) electrons. The number of amides is 1. The molecule has 124 valence electrons. The molecule has 3 aromatic rings. The number of carbonyl (C=O) groups excluding carboxylic acids is 1. The number of aromatic nitrogens is 1. The Morgan fingerprint density at radius 2 is 1.76 bits per heavy atom. The van der Waals surface area contributed by atoms with Gasteiger partial charge in [-0.1, -0.05) is 36.4 Å². The highest BCUT2D eigenvalue weighted by Crippen LogP contribution is 2.34. The summed E-state index contributed by atoms with van der Waals surface area (Å²) in [6, 6.07) is 21.6. The largest absolute Gasteiger partial charge is 0.487 e. The molecule has 1 atom stereocenters. The zero-order valence-electron chi connectivity index (χ0n) is 13.7. The fraction of sp³-hybridized carbons (Fsp3) is 0.143. The van der Waals surface area contributed by atoms with E-state index < -0.39 is 0 Å². The highest BCUT2D eigenvalue weighted by atomic mass is 16.5. The van der Waals surface area contributed by atoms with Gasteiger partial charge in [0.25, 0.3) is 0 Å². The van der Waals surface area contributed by atoms with Gasteiger partial charge in [0.1, 0.15) is 12.4 Å². The summed E-state index contributed by atoms with van der Waals surface area (Å²) in [6.07, 6.45) is 2.44. The zero-order valence-corrected chi connectivity index (χ0v) is 13.7. The number of nitrogens with zero attached hydrogens (tertiary/aromatic N) is 1. The minimum atomic E-state index is -0.128. The summed E-state index contributed by atoms with van der Waals surface area (Å²) < 4.78 is 5.75. The summed E-state index contributed by atoms with van der Waals surface area (Å²) >= 11 is 0. The topological polar surface area (TPSA) is 51.2 Å². The van der Waals surface area contributed by atoms with Gasteiger partial charge in [0.05, 0.1) is 11.6 Å². The van der Waals surface area contributed by atoms with Gasteiger partial charge in [-0.25, -0.2) is 0 Å². The van der Waals surface area contributed by atoms with Crippen molar-refractivity contribution in [1.82, 2.24) is 4.98 Å². The molecule has 1 N–H and O–H groups in total. The van der Waals surface area contributed by atoms with Crippen LogP contribution in [-0.4, -0.2) is 10.9 Å². The van der Waals surface area contributed by atoms with E-state index in [0.717, 1.165) is 28.3 Å². The lowest BCUT2D eigenvalue weighted by Gasteiger charge is -2.10. The van der Waals surface area contributed by atoms with Gasteiger partial charge in [0, 0.05) is 11.9 Å². The van der Waals surface area contributed by atoms with Crippen LogP contribution in [0.5, 0.6) is 5.75 Å². The summed E-state index contributed by atoms with van der Waals surface area (Å²) in [5, 5.41) is 2.95. The number of nitrogens with one attached hydrogen (secondary N) is 1. The van der Waals surface area contributed by atoms with Crippen LogP contribution in [0.25, 0.3) is 0 Å². The number of hydrogen-bond acceptors (Lipinski definition) is 3. The SMILES string of the molecule is O=C1Nc2ccccc2C1Cc1ccc(OCc2ccccn2)cc1. The molecule has 0 bridgehead atoms. The monoisotopic (exact) mass is 330 g/mol. The van der Waals surface area contributed by atoms with Gasteiger partial charge in [-0.3, -0.25) is 9.78 Å². The number of anilines is 1. The predicted octanol–water partition coefficient (Wildman–Crippen LogP) is 3.94. The smallest absolute Gasteiger partial charge is 0.232 e. The third-order valence-corrected chi connectivity index (χ3v) is 4.39. The first-order valence-corrected chi connectivity index (χ1v) is 8.31. The fourth-order valence-corrected chi connectivity index (χ4v) is 3.08. The zero-order chi connectivity index (χ0) is 17.1. The van der Waals surface area contributed by atoms with E-state index in [-0.39, 0.29) is 11.8 Å². The third kappa shape index (κ3) is 3.38. The highest BCUT2D eigenvalue weighted by Gasteiger charge is 2.29. The van der Waals surface area contributed by atoms with Gasteiger partial charge >= 0.3 is 0 Å². The number of carbonyl (C=O) groups is 1. The van der Waals surface area contributed by atoms with E-state index in [1.165, 1.54) is 0 Å². The van der Waals surface area contributed by atoms with Gasteiger partial charge in [0.2, 0.25) is 5.91 Å². The summed E-state index contributed by atoms with van der Waals surface area (Å²) in [5.41, 5.74) is 4.00. The van der Waals surface area contributed by atoms with Gasteiger partial charge < -0.3 is 10.1 Å². The van der Waals surface area contributed by atoms with Crippen molar-refractivity contribution in [3.8, 4) is 5.75 Å². The molecule has 4 nitrogen and oxygen atoms in total. The number of para-hydroxylation sites is 1. The Morgan fingerprint density at radius 1 is 0.960 bits per heavy atom. The third-order valence-electron chi connectivity index (χ3n) is 4.39. The van der Waals surface area contributed by atoms with Crippen LogP contribution in [-0.2, 0) is 17.8 Å². The van der Waals surface area contributed by atoms with Crippen molar-refractivity contribution in [3.63, 3.8) is 0 Å². The Kier molecular flexibility index (Phi) is 4.17. The maximum absolute atomic E-state index is 12.2. The first kappa shape index (κ1) is 15.4. The Hall–Kier alpha value is -3.14. The van der Waals surface area contributed by atoms with E-state index in [0.29, 0.717) is 13.0 Å². The Balaban J connectivity index is 1.42. The van der Waals surface area contributed by atoms with Crippen molar-refractivity contribution < 1.29 is 9.53 Å². The average molecular weight is 330 g/mol. The van der Waals surface area contributed by atoms with Crippen LogP contribution in [0.2, 0.25) is 0 Å². The highest BCUT2D eigenvalue weighted by molar-refractivity contribution is 6.03. The van der Waals surface area contributed by atoms with Crippen molar-refractivity contribution in [2.45, 2.75) is 18.9 Å². The fourth-order valence-electron chi connectivity index (χ4n) is 3.08. The second-order valence-corrected chi connectivity index (χ2v) is 6.09. The lowest BCUT2D eigenvalue weighted by molar-refractivity contribution is -0.117. The Bertz CT molecular complexity index is 876. The molecule has 1 unspecified atom stereocenters. The molecule has 0 aliphatic carbocycles. The molecule has 1 aliphatic rings. The number of benzene rings is 2. The molecule has 0 saturated carbocycles. The molecule has 0 saturated heterocycles. The van der Waals surface area contributed by atoms with E-state index >= 15 is 0 Å². The van der Waals surface area contributed by atoms with Crippen LogP contribution in [0, 0.1) is 0 Å². The Morgan fingerprint density at radius 3 is 2.56 bits per heavy atom. The van der Waals surface area contributed by atoms with Crippen molar-refractivity contribution >= 4 is 11.6 Å². The van der Waals surface area contributed by atoms with Gasteiger partial charge in [-0.2, -0.15) is 0 Å². The average Bonchev–Trinajstić information content (AvgIpc) is 2.97. The van der Waals surface area contributed by atoms with Crippen LogP contribution in [0.15, 0.2) is 72.9 Å². The van der Waals surface area contributed by atoms with Crippen LogP contribution < -0.4 is 10.1 Å². The van der Waals surface area contributed by atoms with Crippen LogP contribution in [0.4, 0.5) is 5.69 Å². The molecule has 4 rings (SSSR count). The summed E-state index contributed by atoms with van der Waals surface area (Å²) in [4.78, 5) is 16.5. The minimum absolute atomic E-state index is 0.0664. The molecule has 1 amide bonds. The molecule has 0 spiro atoms. The molecule has 4 heteroatoms. The number of hydrogen-bond donors (Lipinski definition) is 1. The molecule has 2 heterocycles. The van der Waals surface area contributed by atoms with Crippen LogP contribution in [0.1, 0.15) is 22.7 Å².